The van der Waals surface area contributed by atoms with Crippen molar-refractivity contribution in [3.8, 4) is 17.0 Å². The number of para-hydroxylation sites is 1. The molecule has 3 heterocycles. The maximum Gasteiger partial charge on any atom is 0.129 e. The molecule has 0 saturated heterocycles. The van der Waals surface area contributed by atoms with E-state index in [1.807, 2.05) is 31.3 Å². The van der Waals surface area contributed by atoms with E-state index in [2.05, 4.69) is 45.4 Å². The molecular formula is C21H22N4O. The fraction of sp³-hybridized carbons (Fsp3) is 0.286. The second-order valence-corrected chi connectivity index (χ2v) is 6.70. The topological polar surface area (TPSA) is 59.9 Å². The van der Waals surface area contributed by atoms with Crippen LogP contribution in [0.3, 0.4) is 0 Å². The first-order chi connectivity index (χ1) is 12.7. The van der Waals surface area contributed by atoms with Crippen molar-refractivity contribution in [3.63, 3.8) is 0 Å². The van der Waals surface area contributed by atoms with Gasteiger partial charge in [0.05, 0.1) is 12.3 Å². The molecule has 5 nitrogen and oxygen atoms in total. The number of benzene rings is 1. The van der Waals surface area contributed by atoms with E-state index in [4.69, 9.17) is 4.74 Å². The lowest BCUT2D eigenvalue weighted by Gasteiger charge is -2.10. The fourth-order valence-electron chi connectivity index (χ4n) is 3.22. The first-order valence-electron chi connectivity index (χ1n) is 8.94. The number of aryl methyl sites for hydroxylation is 1. The van der Waals surface area contributed by atoms with Crippen LogP contribution >= 0.6 is 0 Å². The Balaban J connectivity index is 1.43. The van der Waals surface area contributed by atoms with Gasteiger partial charge in [0.1, 0.15) is 17.9 Å². The highest BCUT2D eigenvalue weighted by Gasteiger charge is 2.22. The van der Waals surface area contributed by atoms with Crippen molar-refractivity contribution in [1.29, 1.82) is 0 Å². The van der Waals surface area contributed by atoms with E-state index in [-0.39, 0.29) is 0 Å². The second-order valence-electron chi connectivity index (χ2n) is 6.70. The van der Waals surface area contributed by atoms with Crippen LogP contribution in [0.2, 0.25) is 0 Å². The van der Waals surface area contributed by atoms with Gasteiger partial charge in [0.2, 0.25) is 0 Å². The Hall–Kier alpha value is -2.95. The molecule has 26 heavy (non-hydrogen) atoms. The molecule has 4 rings (SSSR count). The number of fused-ring (bicyclic) bond motifs is 1. The molecule has 1 unspecified atom stereocenters. The van der Waals surface area contributed by atoms with Crippen LogP contribution in [0.25, 0.3) is 11.3 Å². The Morgan fingerprint density at radius 2 is 2.08 bits per heavy atom. The monoisotopic (exact) mass is 346 g/mol. The van der Waals surface area contributed by atoms with E-state index < -0.39 is 0 Å². The van der Waals surface area contributed by atoms with Gasteiger partial charge in [-0.1, -0.05) is 25.1 Å². The third-order valence-corrected chi connectivity index (χ3v) is 4.71. The molecule has 0 bridgehead atoms. The van der Waals surface area contributed by atoms with Crippen molar-refractivity contribution >= 4 is 5.82 Å². The summed E-state index contributed by atoms with van der Waals surface area (Å²) in [6.07, 6.45) is 4.32. The van der Waals surface area contributed by atoms with Crippen molar-refractivity contribution in [2.24, 2.45) is 0 Å². The lowest BCUT2D eigenvalue weighted by molar-refractivity contribution is 0.334. The van der Waals surface area contributed by atoms with E-state index in [0.29, 0.717) is 5.92 Å². The number of rotatable bonds is 5. The van der Waals surface area contributed by atoms with Crippen molar-refractivity contribution in [3.05, 3.63) is 65.7 Å². The van der Waals surface area contributed by atoms with Gasteiger partial charge in [0, 0.05) is 41.5 Å². The van der Waals surface area contributed by atoms with Crippen LogP contribution in [0.1, 0.15) is 29.7 Å². The standard InChI is InChI=1S/C21H22N4O/c1-14-12-26-21-16(4-3-5-18(14)21)8-9-22-20-10-19(24-13-25-20)17-7-6-15(2)23-11-17/h3-7,10-11,13-14H,8-9,12H2,1-2H3,(H,22,24,25). The minimum atomic E-state index is 0.477. The van der Waals surface area contributed by atoms with Gasteiger partial charge in [-0.05, 0) is 31.0 Å². The molecule has 3 aromatic rings. The molecule has 0 amide bonds. The smallest absolute Gasteiger partial charge is 0.129 e. The third kappa shape index (κ3) is 3.38. The molecular weight excluding hydrogens is 324 g/mol. The van der Waals surface area contributed by atoms with Crippen LogP contribution < -0.4 is 10.1 Å². The summed E-state index contributed by atoms with van der Waals surface area (Å²) < 4.78 is 5.87. The van der Waals surface area contributed by atoms with Crippen LogP contribution in [0.4, 0.5) is 5.82 Å². The summed E-state index contributed by atoms with van der Waals surface area (Å²) in [5.41, 5.74) is 5.42. The number of hydrogen-bond donors (Lipinski definition) is 1. The first-order valence-corrected chi connectivity index (χ1v) is 8.94. The third-order valence-electron chi connectivity index (χ3n) is 4.71. The number of nitrogens with one attached hydrogen (secondary N) is 1. The zero-order valence-electron chi connectivity index (χ0n) is 15.1. The van der Waals surface area contributed by atoms with E-state index in [1.54, 1.807) is 6.33 Å². The molecule has 5 heteroatoms. The summed E-state index contributed by atoms with van der Waals surface area (Å²) in [4.78, 5) is 13.0. The predicted molar refractivity (Wildman–Crippen MR) is 103 cm³/mol. The van der Waals surface area contributed by atoms with E-state index in [9.17, 15) is 0 Å². The molecule has 0 spiro atoms. The number of ether oxygens (including phenoxy) is 1. The lowest BCUT2D eigenvalue weighted by atomic mass is 9.99. The molecule has 0 aliphatic carbocycles. The number of anilines is 1. The molecule has 1 aliphatic heterocycles. The van der Waals surface area contributed by atoms with Crippen molar-refractivity contribution in [2.75, 3.05) is 18.5 Å². The minimum Gasteiger partial charge on any atom is -0.492 e. The summed E-state index contributed by atoms with van der Waals surface area (Å²) in [6.45, 7) is 5.74. The molecule has 2 aromatic heterocycles. The average molecular weight is 346 g/mol. The number of pyridine rings is 1. The second kappa shape index (κ2) is 7.12. The van der Waals surface area contributed by atoms with Gasteiger partial charge >= 0.3 is 0 Å². The van der Waals surface area contributed by atoms with Gasteiger partial charge < -0.3 is 10.1 Å². The van der Waals surface area contributed by atoms with Gasteiger partial charge in [-0.2, -0.15) is 0 Å². The largest absolute Gasteiger partial charge is 0.492 e. The zero-order chi connectivity index (χ0) is 17.9. The van der Waals surface area contributed by atoms with E-state index in [0.717, 1.165) is 48.1 Å². The molecule has 0 radical (unpaired) electrons. The number of hydrogen-bond acceptors (Lipinski definition) is 5. The summed E-state index contributed by atoms with van der Waals surface area (Å²) in [7, 11) is 0. The quantitative estimate of drug-likeness (QED) is 0.757. The Labute approximate surface area is 153 Å². The number of aromatic nitrogens is 3. The van der Waals surface area contributed by atoms with Crippen LogP contribution in [-0.4, -0.2) is 28.1 Å². The lowest BCUT2D eigenvalue weighted by Crippen LogP contribution is -2.07. The first kappa shape index (κ1) is 16.5. The molecule has 0 saturated carbocycles. The summed E-state index contributed by atoms with van der Waals surface area (Å²) in [6, 6.07) is 12.4. The van der Waals surface area contributed by atoms with E-state index in [1.165, 1.54) is 11.1 Å². The van der Waals surface area contributed by atoms with Gasteiger partial charge in [-0.25, -0.2) is 9.97 Å². The summed E-state index contributed by atoms with van der Waals surface area (Å²) >= 11 is 0. The van der Waals surface area contributed by atoms with Crippen LogP contribution in [0.5, 0.6) is 5.75 Å². The van der Waals surface area contributed by atoms with Crippen molar-refractivity contribution in [2.45, 2.75) is 26.2 Å². The van der Waals surface area contributed by atoms with Gasteiger partial charge in [-0.3, -0.25) is 4.98 Å². The molecule has 132 valence electrons. The highest BCUT2D eigenvalue weighted by Crippen LogP contribution is 2.36. The molecule has 1 aromatic carbocycles. The zero-order valence-corrected chi connectivity index (χ0v) is 15.1. The Morgan fingerprint density at radius 3 is 2.92 bits per heavy atom. The normalized spacial score (nSPS) is 15.4. The van der Waals surface area contributed by atoms with E-state index >= 15 is 0 Å². The van der Waals surface area contributed by atoms with Gasteiger partial charge in [0.25, 0.3) is 0 Å². The maximum atomic E-state index is 5.87. The fourth-order valence-corrected chi connectivity index (χ4v) is 3.22. The van der Waals surface area contributed by atoms with Crippen molar-refractivity contribution < 1.29 is 4.74 Å². The Kier molecular flexibility index (Phi) is 4.52. The molecule has 1 aliphatic rings. The SMILES string of the molecule is Cc1ccc(-c2cc(NCCc3cccc4c3OCC4C)ncn2)cn1. The van der Waals surface area contributed by atoms with Crippen LogP contribution in [0.15, 0.2) is 48.9 Å². The predicted octanol–water partition coefficient (Wildman–Crippen LogP) is 4.00. The minimum absolute atomic E-state index is 0.477. The van der Waals surface area contributed by atoms with Crippen molar-refractivity contribution in [1.82, 2.24) is 15.0 Å². The van der Waals surface area contributed by atoms with Gasteiger partial charge in [0.15, 0.2) is 0 Å². The highest BCUT2D eigenvalue weighted by molar-refractivity contribution is 5.61. The maximum absolute atomic E-state index is 5.87. The summed E-state index contributed by atoms with van der Waals surface area (Å²) in [5.74, 6) is 2.36. The highest BCUT2D eigenvalue weighted by atomic mass is 16.5. The Morgan fingerprint density at radius 1 is 1.15 bits per heavy atom. The summed E-state index contributed by atoms with van der Waals surface area (Å²) in [5, 5.41) is 3.39. The molecule has 1 atom stereocenters. The molecule has 0 fully saturated rings. The van der Waals surface area contributed by atoms with Gasteiger partial charge in [-0.15, -0.1) is 0 Å². The Bertz CT molecular complexity index is 908. The van der Waals surface area contributed by atoms with Crippen LogP contribution in [-0.2, 0) is 6.42 Å². The molecule has 1 N–H and O–H groups in total. The number of nitrogens with zero attached hydrogens (tertiary/aromatic N) is 3. The van der Waals surface area contributed by atoms with Crippen LogP contribution in [0, 0.1) is 6.92 Å². The average Bonchev–Trinajstić information content (AvgIpc) is 3.05.